The second kappa shape index (κ2) is 6.63. The van der Waals surface area contributed by atoms with Crippen molar-refractivity contribution in [2.75, 3.05) is 4.90 Å². The minimum atomic E-state index is -0.317. The second-order valence-electron chi connectivity index (χ2n) is 7.78. The standard InChI is InChI=1S/C26H20N2O2/c1-15-8-6-11-18(14-15)23-22-21(19-12-4-5-13-20(19)27-23)25(29)28(26(22)30)24-16(2)9-7-10-17(24)3/h4-14H,1-3H3. The average molecular weight is 392 g/mol. The molecule has 0 bridgehead atoms. The lowest BCUT2D eigenvalue weighted by atomic mass is 9.97. The smallest absolute Gasteiger partial charge is 0.268 e. The van der Waals surface area contributed by atoms with Crippen LogP contribution in [0.5, 0.6) is 0 Å². The summed E-state index contributed by atoms with van der Waals surface area (Å²) in [6.45, 7) is 5.84. The third kappa shape index (κ3) is 2.57. The van der Waals surface area contributed by atoms with E-state index in [2.05, 4.69) is 0 Å². The average Bonchev–Trinajstić information content (AvgIpc) is 2.99. The van der Waals surface area contributed by atoms with Gasteiger partial charge in [-0.3, -0.25) is 9.59 Å². The summed E-state index contributed by atoms with van der Waals surface area (Å²) in [5.41, 5.74) is 6.41. The number of carbonyl (C=O) groups excluding carboxylic acids is 2. The number of aromatic nitrogens is 1. The number of anilines is 1. The van der Waals surface area contributed by atoms with Crippen LogP contribution in [0.3, 0.4) is 0 Å². The van der Waals surface area contributed by atoms with Gasteiger partial charge in [-0.25, -0.2) is 9.88 Å². The van der Waals surface area contributed by atoms with Gasteiger partial charge in [-0.2, -0.15) is 0 Å². The van der Waals surface area contributed by atoms with Gasteiger partial charge in [0.2, 0.25) is 0 Å². The maximum Gasteiger partial charge on any atom is 0.268 e. The lowest BCUT2D eigenvalue weighted by Crippen LogP contribution is -2.30. The van der Waals surface area contributed by atoms with Gasteiger partial charge in [0.15, 0.2) is 0 Å². The largest absolute Gasteiger partial charge is 0.268 e. The summed E-state index contributed by atoms with van der Waals surface area (Å²) in [6, 6.07) is 21.2. The number of hydrogen-bond donors (Lipinski definition) is 0. The van der Waals surface area contributed by atoms with Gasteiger partial charge in [-0.05, 0) is 44.0 Å². The first-order chi connectivity index (χ1) is 14.5. The first-order valence-electron chi connectivity index (χ1n) is 9.92. The molecule has 30 heavy (non-hydrogen) atoms. The Balaban J connectivity index is 1.85. The molecule has 4 nitrogen and oxygen atoms in total. The lowest BCUT2D eigenvalue weighted by molar-refractivity contribution is 0.0926. The van der Waals surface area contributed by atoms with Crippen molar-refractivity contribution < 1.29 is 9.59 Å². The molecule has 2 amide bonds. The molecule has 4 aromatic rings. The van der Waals surface area contributed by atoms with Gasteiger partial charge in [0, 0.05) is 10.9 Å². The number of pyridine rings is 1. The predicted octanol–water partition coefficient (Wildman–Crippen LogP) is 5.63. The molecular formula is C26H20N2O2. The Bertz CT molecular complexity index is 1350. The molecule has 1 aromatic heterocycles. The van der Waals surface area contributed by atoms with Crippen molar-refractivity contribution in [3.8, 4) is 11.3 Å². The number of carbonyl (C=O) groups is 2. The fraction of sp³-hybridized carbons (Fsp3) is 0.115. The zero-order chi connectivity index (χ0) is 21.0. The molecule has 2 heterocycles. The van der Waals surface area contributed by atoms with E-state index in [1.54, 1.807) is 0 Å². The minimum absolute atomic E-state index is 0.292. The van der Waals surface area contributed by atoms with Crippen LogP contribution in [0.1, 0.15) is 37.4 Å². The number of para-hydroxylation sites is 2. The predicted molar refractivity (Wildman–Crippen MR) is 119 cm³/mol. The van der Waals surface area contributed by atoms with E-state index in [4.69, 9.17) is 4.98 Å². The van der Waals surface area contributed by atoms with Crippen LogP contribution in [0.15, 0.2) is 66.7 Å². The van der Waals surface area contributed by atoms with Crippen LogP contribution in [-0.4, -0.2) is 16.8 Å². The van der Waals surface area contributed by atoms with Crippen LogP contribution in [0.25, 0.3) is 22.2 Å². The zero-order valence-electron chi connectivity index (χ0n) is 17.1. The van der Waals surface area contributed by atoms with E-state index in [0.717, 1.165) is 22.3 Å². The Morgan fingerprint density at radius 1 is 0.733 bits per heavy atom. The molecule has 1 aliphatic rings. The summed E-state index contributed by atoms with van der Waals surface area (Å²) < 4.78 is 0. The molecule has 0 saturated carbocycles. The molecule has 4 heteroatoms. The third-order valence-corrected chi connectivity index (χ3v) is 5.68. The molecule has 146 valence electrons. The molecule has 0 aliphatic carbocycles. The van der Waals surface area contributed by atoms with Crippen molar-refractivity contribution in [3.05, 3.63) is 94.5 Å². The lowest BCUT2D eigenvalue weighted by Gasteiger charge is -2.19. The molecule has 0 atom stereocenters. The van der Waals surface area contributed by atoms with Crippen molar-refractivity contribution in [2.24, 2.45) is 0 Å². The third-order valence-electron chi connectivity index (χ3n) is 5.68. The molecule has 0 unspecified atom stereocenters. The molecule has 0 fully saturated rings. The molecule has 1 aliphatic heterocycles. The van der Waals surface area contributed by atoms with Crippen LogP contribution in [0, 0.1) is 20.8 Å². The number of hydrogen-bond acceptors (Lipinski definition) is 3. The molecule has 0 radical (unpaired) electrons. The first-order valence-corrected chi connectivity index (χ1v) is 9.92. The van der Waals surface area contributed by atoms with Crippen LogP contribution >= 0.6 is 0 Å². The van der Waals surface area contributed by atoms with Gasteiger partial charge < -0.3 is 0 Å². The van der Waals surface area contributed by atoms with Gasteiger partial charge in [0.1, 0.15) is 0 Å². The highest BCUT2D eigenvalue weighted by Crippen LogP contribution is 2.39. The van der Waals surface area contributed by atoms with E-state index >= 15 is 0 Å². The van der Waals surface area contributed by atoms with E-state index in [0.29, 0.717) is 33.4 Å². The van der Waals surface area contributed by atoms with Gasteiger partial charge >= 0.3 is 0 Å². The highest BCUT2D eigenvalue weighted by atomic mass is 16.2. The van der Waals surface area contributed by atoms with Crippen molar-refractivity contribution in [1.29, 1.82) is 0 Å². The quantitative estimate of drug-likeness (QED) is 0.416. The number of amides is 2. The topological polar surface area (TPSA) is 50.3 Å². The Morgan fingerprint density at radius 3 is 2.13 bits per heavy atom. The summed E-state index contributed by atoms with van der Waals surface area (Å²) in [4.78, 5) is 33.5. The summed E-state index contributed by atoms with van der Waals surface area (Å²) >= 11 is 0. The fourth-order valence-corrected chi connectivity index (χ4v) is 4.32. The summed E-state index contributed by atoms with van der Waals surface area (Å²) in [5, 5.41) is 0.705. The number of aryl methyl sites for hydroxylation is 3. The highest BCUT2D eigenvalue weighted by molar-refractivity contribution is 6.39. The molecule has 3 aromatic carbocycles. The van der Waals surface area contributed by atoms with Gasteiger partial charge in [0.05, 0.1) is 28.0 Å². The van der Waals surface area contributed by atoms with Crippen LogP contribution in [0.4, 0.5) is 5.69 Å². The number of fused-ring (bicyclic) bond motifs is 3. The highest BCUT2D eigenvalue weighted by Gasteiger charge is 2.42. The van der Waals surface area contributed by atoms with E-state index < -0.39 is 0 Å². The van der Waals surface area contributed by atoms with E-state index in [1.165, 1.54) is 4.90 Å². The van der Waals surface area contributed by atoms with E-state index in [-0.39, 0.29) is 11.8 Å². The van der Waals surface area contributed by atoms with Gasteiger partial charge in [-0.1, -0.05) is 60.2 Å². The maximum atomic E-state index is 13.7. The van der Waals surface area contributed by atoms with Crippen molar-refractivity contribution in [1.82, 2.24) is 4.98 Å². The van der Waals surface area contributed by atoms with Crippen LogP contribution in [-0.2, 0) is 0 Å². The zero-order valence-corrected chi connectivity index (χ0v) is 17.1. The number of imide groups is 1. The number of benzene rings is 3. The van der Waals surface area contributed by atoms with Crippen molar-refractivity contribution in [2.45, 2.75) is 20.8 Å². The first kappa shape index (κ1) is 18.3. The maximum absolute atomic E-state index is 13.7. The monoisotopic (exact) mass is 392 g/mol. The fourth-order valence-electron chi connectivity index (χ4n) is 4.32. The Labute approximate surface area is 174 Å². The summed E-state index contributed by atoms with van der Waals surface area (Å²) in [5.74, 6) is -0.609. The van der Waals surface area contributed by atoms with Gasteiger partial charge in [-0.15, -0.1) is 0 Å². The van der Waals surface area contributed by atoms with Crippen LogP contribution in [0.2, 0.25) is 0 Å². The minimum Gasteiger partial charge on any atom is -0.268 e. The molecule has 0 saturated heterocycles. The Morgan fingerprint density at radius 2 is 1.40 bits per heavy atom. The summed E-state index contributed by atoms with van der Waals surface area (Å²) in [6.07, 6.45) is 0. The molecule has 5 rings (SSSR count). The molecule has 0 spiro atoms. The number of rotatable bonds is 2. The van der Waals surface area contributed by atoms with Crippen molar-refractivity contribution >= 4 is 28.4 Å². The molecule has 0 N–H and O–H groups in total. The number of nitrogens with zero attached hydrogens (tertiary/aromatic N) is 2. The second-order valence-corrected chi connectivity index (χ2v) is 7.78. The van der Waals surface area contributed by atoms with Crippen LogP contribution < -0.4 is 4.90 Å². The molecular weight excluding hydrogens is 372 g/mol. The van der Waals surface area contributed by atoms with Gasteiger partial charge in [0.25, 0.3) is 11.8 Å². The Kier molecular flexibility index (Phi) is 4.03. The van der Waals surface area contributed by atoms with E-state index in [9.17, 15) is 9.59 Å². The normalized spacial score (nSPS) is 13.2. The Hall–Kier alpha value is -3.79. The van der Waals surface area contributed by atoms with E-state index in [1.807, 2.05) is 87.5 Å². The van der Waals surface area contributed by atoms with Crippen molar-refractivity contribution in [3.63, 3.8) is 0 Å². The SMILES string of the molecule is Cc1cccc(-c2nc3ccccc3c3c2C(=O)N(c2c(C)cccc2C)C3=O)c1. The summed E-state index contributed by atoms with van der Waals surface area (Å²) in [7, 11) is 0.